The Morgan fingerprint density at radius 3 is 2.68 bits per heavy atom. The van der Waals surface area contributed by atoms with Crippen molar-refractivity contribution in [2.45, 2.75) is 50.7 Å². The first-order valence-corrected chi connectivity index (χ1v) is 8.58. The van der Waals surface area contributed by atoms with Crippen LogP contribution in [0.1, 0.15) is 44.2 Å². The van der Waals surface area contributed by atoms with Crippen LogP contribution in [0.5, 0.6) is 0 Å². The third kappa shape index (κ3) is 2.99. The average molecular weight is 299 g/mol. The van der Waals surface area contributed by atoms with Crippen molar-refractivity contribution in [2.75, 3.05) is 13.6 Å². The first-order valence-electron chi connectivity index (χ1n) is 7.32. The highest BCUT2D eigenvalue weighted by Gasteiger charge is 2.38. The van der Waals surface area contributed by atoms with E-state index < -0.39 is 0 Å². The van der Waals surface area contributed by atoms with Crippen LogP contribution in [0.2, 0.25) is 4.34 Å². The van der Waals surface area contributed by atoms with Gasteiger partial charge in [0.25, 0.3) is 0 Å². The van der Waals surface area contributed by atoms with Gasteiger partial charge >= 0.3 is 0 Å². The van der Waals surface area contributed by atoms with E-state index in [1.165, 1.54) is 31.2 Å². The second kappa shape index (κ2) is 5.72. The van der Waals surface area contributed by atoms with Crippen molar-refractivity contribution in [2.24, 2.45) is 5.92 Å². The van der Waals surface area contributed by atoms with Crippen LogP contribution in [0.3, 0.4) is 0 Å². The van der Waals surface area contributed by atoms with Crippen LogP contribution in [0.15, 0.2) is 11.4 Å². The van der Waals surface area contributed by atoms with E-state index >= 15 is 0 Å². The van der Waals surface area contributed by atoms with Gasteiger partial charge in [0.05, 0.1) is 4.34 Å². The number of thiophene rings is 1. The quantitative estimate of drug-likeness (QED) is 0.906. The Balaban J connectivity index is 1.50. The first-order chi connectivity index (χ1) is 9.13. The Hall–Kier alpha value is -0.0900. The third-order valence-corrected chi connectivity index (χ3v) is 6.11. The normalized spacial score (nSPS) is 32.7. The number of nitrogens with one attached hydrogen (secondary N) is 1. The zero-order valence-corrected chi connectivity index (χ0v) is 13.3. The second-order valence-corrected chi connectivity index (χ2v) is 7.74. The number of halogens is 1. The lowest BCUT2D eigenvalue weighted by atomic mass is 9.91. The van der Waals surface area contributed by atoms with Crippen LogP contribution in [0.25, 0.3) is 0 Å². The van der Waals surface area contributed by atoms with Crippen LogP contribution in [-0.2, 0) is 0 Å². The Morgan fingerprint density at radius 2 is 2.11 bits per heavy atom. The summed E-state index contributed by atoms with van der Waals surface area (Å²) in [6.07, 6.45) is 5.56. The molecule has 106 valence electrons. The predicted octanol–water partition coefficient (Wildman–Crippen LogP) is 3.92. The highest BCUT2D eigenvalue weighted by molar-refractivity contribution is 7.14. The zero-order valence-electron chi connectivity index (χ0n) is 11.7. The van der Waals surface area contributed by atoms with E-state index in [4.69, 9.17) is 11.6 Å². The molecule has 3 heterocycles. The Kier molecular flexibility index (Phi) is 4.18. The Bertz CT molecular complexity index is 420. The van der Waals surface area contributed by atoms with Gasteiger partial charge < -0.3 is 10.2 Å². The van der Waals surface area contributed by atoms with Crippen molar-refractivity contribution in [1.82, 2.24) is 10.2 Å². The molecular weight excluding hydrogens is 276 g/mol. The lowest BCUT2D eigenvalue weighted by molar-refractivity contribution is 0.131. The van der Waals surface area contributed by atoms with E-state index in [9.17, 15) is 0 Å². The lowest BCUT2D eigenvalue weighted by Gasteiger charge is -2.36. The molecule has 2 nitrogen and oxygen atoms in total. The molecule has 2 aliphatic rings. The molecule has 2 saturated heterocycles. The summed E-state index contributed by atoms with van der Waals surface area (Å²) in [7, 11) is 2.31. The smallest absolute Gasteiger partial charge is 0.0931 e. The summed E-state index contributed by atoms with van der Waals surface area (Å²) in [5.74, 6) is 0.852. The van der Waals surface area contributed by atoms with Gasteiger partial charge in [0, 0.05) is 18.1 Å². The summed E-state index contributed by atoms with van der Waals surface area (Å²) in [6.45, 7) is 3.39. The largest absolute Gasteiger partial charge is 0.310 e. The third-order valence-electron chi connectivity index (χ3n) is 5.00. The SMILES string of the molecule is CC(NCC1CC2CCC(C1)N2C)c1csc(Cl)c1. The van der Waals surface area contributed by atoms with Crippen LogP contribution in [0, 0.1) is 5.92 Å². The van der Waals surface area contributed by atoms with E-state index in [-0.39, 0.29) is 0 Å². The molecule has 2 fully saturated rings. The van der Waals surface area contributed by atoms with Gasteiger partial charge in [-0.1, -0.05) is 11.6 Å². The standard InChI is InChI=1S/C15H23ClN2S/c1-10(12-7-15(16)19-9-12)17-8-11-5-13-3-4-14(6-11)18(13)2/h7,9-11,13-14,17H,3-6,8H2,1-2H3. The molecule has 0 saturated carbocycles. The van der Waals surface area contributed by atoms with Crippen molar-refractivity contribution in [3.8, 4) is 0 Å². The van der Waals surface area contributed by atoms with Crippen molar-refractivity contribution < 1.29 is 0 Å². The molecule has 2 aliphatic heterocycles. The van der Waals surface area contributed by atoms with Crippen molar-refractivity contribution in [3.05, 3.63) is 21.3 Å². The summed E-state index contributed by atoms with van der Waals surface area (Å²) in [6, 6.07) is 4.19. The molecule has 3 rings (SSSR count). The van der Waals surface area contributed by atoms with E-state index in [1.807, 2.05) is 0 Å². The van der Waals surface area contributed by atoms with E-state index in [0.717, 1.165) is 28.9 Å². The second-order valence-electron chi connectivity index (χ2n) is 6.20. The van der Waals surface area contributed by atoms with Gasteiger partial charge in [-0.2, -0.15) is 0 Å². The molecule has 0 radical (unpaired) electrons. The summed E-state index contributed by atoms with van der Waals surface area (Å²) < 4.78 is 0.890. The molecule has 0 aliphatic carbocycles. The van der Waals surface area contributed by atoms with Gasteiger partial charge in [-0.05, 0) is 69.1 Å². The minimum atomic E-state index is 0.418. The molecule has 1 N–H and O–H groups in total. The molecule has 0 spiro atoms. The maximum absolute atomic E-state index is 6.00. The van der Waals surface area contributed by atoms with Crippen molar-refractivity contribution >= 4 is 22.9 Å². The lowest BCUT2D eigenvalue weighted by Crippen LogP contribution is -2.42. The Morgan fingerprint density at radius 1 is 1.42 bits per heavy atom. The molecular formula is C15H23ClN2S. The minimum absolute atomic E-state index is 0.418. The fourth-order valence-corrected chi connectivity index (χ4v) is 4.69. The number of hydrogen-bond acceptors (Lipinski definition) is 3. The highest BCUT2D eigenvalue weighted by Crippen LogP contribution is 2.37. The van der Waals surface area contributed by atoms with Gasteiger partial charge in [-0.25, -0.2) is 0 Å². The maximum Gasteiger partial charge on any atom is 0.0931 e. The summed E-state index contributed by atoms with van der Waals surface area (Å²) in [5, 5.41) is 5.86. The van der Waals surface area contributed by atoms with Gasteiger partial charge in [-0.3, -0.25) is 0 Å². The molecule has 0 amide bonds. The van der Waals surface area contributed by atoms with Crippen LogP contribution >= 0.6 is 22.9 Å². The molecule has 2 bridgehead atoms. The van der Waals surface area contributed by atoms with Gasteiger partial charge in [-0.15, -0.1) is 11.3 Å². The minimum Gasteiger partial charge on any atom is -0.310 e. The van der Waals surface area contributed by atoms with Crippen molar-refractivity contribution in [3.63, 3.8) is 0 Å². The molecule has 1 aromatic heterocycles. The van der Waals surface area contributed by atoms with Gasteiger partial charge in [0.1, 0.15) is 0 Å². The molecule has 0 aromatic carbocycles. The number of hydrogen-bond donors (Lipinski definition) is 1. The van der Waals surface area contributed by atoms with Crippen LogP contribution < -0.4 is 5.32 Å². The number of piperidine rings is 1. The number of rotatable bonds is 4. The monoisotopic (exact) mass is 298 g/mol. The number of fused-ring (bicyclic) bond motifs is 2. The van der Waals surface area contributed by atoms with Gasteiger partial charge in [0.15, 0.2) is 0 Å². The molecule has 3 unspecified atom stereocenters. The number of nitrogens with zero attached hydrogens (tertiary/aromatic N) is 1. The van der Waals surface area contributed by atoms with Gasteiger partial charge in [0.2, 0.25) is 0 Å². The fourth-order valence-electron chi connectivity index (χ4n) is 3.70. The average Bonchev–Trinajstić information content (AvgIpc) is 2.88. The van der Waals surface area contributed by atoms with Crippen LogP contribution in [0.4, 0.5) is 0 Å². The molecule has 19 heavy (non-hydrogen) atoms. The molecule has 4 heteroatoms. The molecule has 1 aromatic rings. The molecule has 3 atom stereocenters. The Labute approximate surface area is 125 Å². The predicted molar refractivity (Wildman–Crippen MR) is 83.0 cm³/mol. The summed E-state index contributed by atoms with van der Waals surface area (Å²) in [5.41, 5.74) is 1.32. The van der Waals surface area contributed by atoms with E-state index in [0.29, 0.717) is 6.04 Å². The highest BCUT2D eigenvalue weighted by atomic mass is 35.5. The van der Waals surface area contributed by atoms with Crippen molar-refractivity contribution in [1.29, 1.82) is 0 Å². The van der Waals surface area contributed by atoms with E-state index in [2.05, 4.69) is 35.6 Å². The maximum atomic E-state index is 6.00. The zero-order chi connectivity index (χ0) is 13.4. The topological polar surface area (TPSA) is 15.3 Å². The van der Waals surface area contributed by atoms with E-state index in [1.54, 1.807) is 11.3 Å². The summed E-state index contributed by atoms with van der Waals surface area (Å²) >= 11 is 7.63. The fraction of sp³-hybridized carbons (Fsp3) is 0.733. The van der Waals surface area contributed by atoms with Crippen LogP contribution in [-0.4, -0.2) is 30.6 Å². The summed E-state index contributed by atoms with van der Waals surface area (Å²) in [4.78, 5) is 2.61. The first kappa shape index (κ1) is 13.9.